The summed E-state index contributed by atoms with van der Waals surface area (Å²) in [6.07, 6.45) is 20.5. The van der Waals surface area contributed by atoms with Crippen LogP contribution in [-0.4, -0.2) is 55.4 Å². The largest absolute Gasteiger partial charge is 0.366 e. The van der Waals surface area contributed by atoms with Crippen LogP contribution in [0.1, 0.15) is 131 Å². The van der Waals surface area contributed by atoms with Gasteiger partial charge in [0.15, 0.2) is 0 Å². The molecule has 1 rings (SSSR count). The maximum Gasteiger partial charge on any atom is 0.0990 e. The average Bonchev–Trinajstić information content (AvgIpc) is 3.14. The summed E-state index contributed by atoms with van der Waals surface area (Å²) in [6.45, 7) is 16.0. The van der Waals surface area contributed by atoms with Crippen molar-refractivity contribution >= 4 is 0 Å². The van der Waals surface area contributed by atoms with Gasteiger partial charge in [0, 0.05) is 12.1 Å². The summed E-state index contributed by atoms with van der Waals surface area (Å²) in [4.78, 5) is 5.13. The molecule has 1 aliphatic rings. The zero-order chi connectivity index (χ0) is 23.0. The predicted molar refractivity (Wildman–Crippen MR) is 138 cm³/mol. The van der Waals surface area contributed by atoms with Crippen LogP contribution in [0.3, 0.4) is 0 Å². The Morgan fingerprint density at radius 3 is 2.26 bits per heavy atom. The molecule has 0 N–H and O–H groups in total. The van der Waals surface area contributed by atoms with Crippen LogP contribution >= 0.6 is 0 Å². The molecule has 0 saturated carbocycles. The fraction of sp³-hybridized carbons (Fsp3) is 1.00. The van der Waals surface area contributed by atoms with Gasteiger partial charge in [0.25, 0.3) is 0 Å². The van der Waals surface area contributed by atoms with Crippen LogP contribution in [0.5, 0.6) is 0 Å². The fourth-order valence-electron chi connectivity index (χ4n) is 5.14. The summed E-state index contributed by atoms with van der Waals surface area (Å²) in [5.74, 6) is 0. The Balaban J connectivity index is 2.08. The van der Waals surface area contributed by atoms with E-state index in [9.17, 15) is 0 Å². The summed E-state index contributed by atoms with van der Waals surface area (Å²) in [5, 5.41) is 0. The van der Waals surface area contributed by atoms with Gasteiger partial charge in [0.1, 0.15) is 0 Å². The molecule has 0 aromatic carbocycles. The van der Waals surface area contributed by atoms with E-state index in [1.165, 1.54) is 109 Å². The number of likely N-dealkylation sites (tertiary alicyclic amines) is 1. The zero-order valence-corrected chi connectivity index (χ0v) is 22.4. The highest BCUT2D eigenvalue weighted by Crippen LogP contribution is 2.25. The van der Waals surface area contributed by atoms with Gasteiger partial charge in [0.2, 0.25) is 0 Å². The highest BCUT2D eigenvalue weighted by Gasteiger charge is 2.22. The molecule has 1 heterocycles. The van der Waals surface area contributed by atoms with Crippen molar-refractivity contribution < 1.29 is 4.74 Å². The van der Waals surface area contributed by atoms with Gasteiger partial charge in [-0.3, -0.25) is 4.90 Å². The topological polar surface area (TPSA) is 15.7 Å². The standard InChI is InChI=1S/C28H58N2O/c1-7-9-10-11-12-13-14-15-20-27(8-2)29(6)25-31-24-28(4,5)21-16-17-22-30-23-18-19-26(30)3/h26-27H,7-25H2,1-6H3/t26-,27?/m1/s1. The average molecular weight is 439 g/mol. The first-order valence-corrected chi connectivity index (χ1v) is 13.9. The van der Waals surface area contributed by atoms with E-state index in [0.717, 1.165) is 19.4 Å². The molecule has 0 aromatic rings. The van der Waals surface area contributed by atoms with Crippen LogP contribution in [0, 0.1) is 5.41 Å². The quantitative estimate of drug-likeness (QED) is 0.142. The first kappa shape index (κ1) is 28.9. The highest BCUT2D eigenvalue weighted by molar-refractivity contribution is 4.75. The van der Waals surface area contributed by atoms with Crippen molar-refractivity contribution in [2.24, 2.45) is 5.41 Å². The second-order valence-corrected chi connectivity index (χ2v) is 11.2. The Hall–Kier alpha value is -0.120. The van der Waals surface area contributed by atoms with Gasteiger partial charge in [-0.2, -0.15) is 0 Å². The van der Waals surface area contributed by atoms with E-state index in [-0.39, 0.29) is 5.41 Å². The second kappa shape index (κ2) is 17.4. The molecule has 1 unspecified atom stereocenters. The lowest BCUT2D eigenvalue weighted by molar-refractivity contribution is -0.0200. The Bertz CT molecular complexity index is 412. The number of nitrogens with zero attached hydrogens (tertiary/aromatic N) is 2. The van der Waals surface area contributed by atoms with Crippen molar-refractivity contribution in [3.05, 3.63) is 0 Å². The van der Waals surface area contributed by atoms with Crippen LogP contribution in [0.2, 0.25) is 0 Å². The van der Waals surface area contributed by atoms with Crippen LogP contribution in [0.25, 0.3) is 0 Å². The third-order valence-corrected chi connectivity index (χ3v) is 7.51. The Kier molecular flexibility index (Phi) is 16.2. The number of unbranched alkanes of at least 4 members (excludes halogenated alkanes) is 8. The van der Waals surface area contributed by atoms with Gasteiger partial charge in [-0.05, 0) is 71.0 Å². The Morgan fingerprint density at radius 2 is 1.65 bits per heavy atom. The first-order chi connectivity index (χ1) is 14.9. The maximum absolute atomic E-state index is 6.19. The molecule has 0 amide bonds. The minimum absolute atomic E-state index is 0.289. The normalized spacial score (nSPS) is 18.9. The molecule has 1 saturated heterocycles. The summed E-state index contributed by atoms with van der Waals surface area (Å²) in [5.41, 5.74) is 0.289. The van der Waals surface area contributed by atoms with Crippen molar-refractivity contribution in [1.29, 1.82) is 0 Å². The molecular formula is C28H58N2O. The minimum atomic E-state index is 0.289. The molecule has 3 heteroatoms. The van der Waals surface area contributed by atoms with Gasteiger partial charge in [0.05, 0.1) is 13.3 Å². The van der Waals surface area contributed by atoms with Crippen LogP contribution in [0.15, 0.2) is 0 Å². The maximum atomic E-state index is 6.19. The first-order valence-electron chi connectivity index (χ1n) is 13.9. The summed E-state index contributed by atoms with van der Waals surface area (Å²) in [7, 11) is 2.25. The van der Waals surface area contributed by atoms with Crippen LogP contribution in [-0.2, 0) is 4.74 Å². The van der Waals surface area contributed by atoms with Crippen molar-refractivity contribution in [2.75, 3.05) is 33.5 Å². The van der Waals surface area contributed by atoms with Gasteiger partial charge in [-0.1, -0.05) is 85.5 Å². The molecule has 0 radical (unpaired) electrons. The zero-order valence-electron chi connectivity index (χ0n) is 22.4. The van der Waals surface area contributed by atoms with E-state index >= 15 is 0 Å². The Labute approximate surface area is 196 Å². The molecule has 2 atom stereocenters. The molecule has 0 aromatic heterocycles. The lowest BCUT2D eigenvalue weighted by atomic mass is 9.88. The summed E-state index contributed by atoms with van der Waals surface area (Å²) < 4.78 is 6.19. The van der Waals surface area contributed by atoms with E-state index in [0.29, 0.717) is 6.04 Å². The van der Waals surface area contributed by atoms with E-state index in [1.54, 1.807) is 0 Å². The van der Waals surface area contributed by atoms with Crippen molar-refractivity contribution in [3.8, 4) is 0 Å². The summed E-state index contributed by atoms with van der Waals surface area (Å²) in [6, 6.07) is 1.48. The molecule has 31 heavy (non-hydrogen) atoms. The SMILES string of the molecule is CCCCCCCCCCC(CC)N(C)COCC(C)(C)CCCCN1CCC[C@H]1C. The molecule has 186 valence electrons. The third kappa shape index (κ3) is 13.9. The number of ether oxygens (including phenoxy) is 1. The second-order valence-electron chi connectivity index (χ2n) is 11.2. The monoisotopic (exact) mass is 438 g/mol. The highest BCUT2D eigenvalue weighted by atomic mass is 16.5. The predicted octanol–water partition coefficient (Wildman–Crippen LogP) is 7.88. The molecule has 0 aliphatic carbocycles. The van der Waals surface area contributed by atoms with Gasteiger partial charge < -0.3 is 9.64 Å². The lowest BCUT2D eigenvalue weighted by Gasteiger charge is -2.30. The van der Waals surface area contributed by atoms with Crippen LogP contribution < -0.4 is 0 Å². The molecule has 1 fully saturated rings. The van der Waals surface area contributed by atoms with Crippen LogP contribution in [0.4, 0.5) is 0 Å². The van der Waals surface area contributed by atoms with Gasteiger partial charge >= 0.3 is 0 Å². The van der Waals surface area contributed by atoms with E-state index in [4.69, 9.17) is 4.74 Å². The molecule has 1 aliphatic heterocycles. The van der Waals surface area contributed by atoms with E-state index in [2.05, 4.69) is 51.5 Å². The van der Waals surface area contributed by atoms with E-state index < -0.39 is 0 Å². The molecule has 0 bridgehead atoms. The van der Waals surface area contributed by atoms with Gasteiger partial charge in [-0.15, -0.1) is 0 Å². The van der Waals surface area contributed by atoms with Crippen molar-refractivity contribution in [3.63, 3.8) is 0 Å². The third-order valence-electron chi connectivity index (χ3n) is 7.51. The number of hydrogen-bond donors (Lipinski definition) is 0. The fourth-order valence-corrected chi connectivity index (χ4v) is 5.14. The van der Waals surface area contributed by atoms with Crippen molar-refractivity contribution in [1.82, 2.24) is 9.80 Å². The number of hydrogen-bond acceptors (Lipinski definition) is 3. The Morgan fingerprint density at radius 1 is 0.968 bits per heavy atom. The molecule has 3 nitrogen and oxygen atoms in total. The van der Waals surface area contributed by atoms with E-state index in [1.807, 2.05) is 0 Å². The lowest BCUT2D eigenvalue weighted by Crippen LogP contribution is -2.34. The summed E-state index contributed by atoms with van der Waals surface area (Å²) >= 11 is 0. The van der Waals surface area contributed by atoms with Gasteiger partial charge in [-0.25, -0.2) is 0 Å². The smallest absolute Gasteiger partial charge is 0.0990 e. The van der Waals surface area contributed by atoms with Crippen molar-refractivity contribution in [2.45, 2.75) is 143 Å². The minimum Gasteiger partial charge on any atom is -0.366 e. The molecule has 0 spiro atoms. The molecular weight excluding hydrogens is 380 g/mol. The number of rotatable bonds is 20.